The quantitative estimate of drug-likeness (QED) is 0.682. The van der Waals surface area contributed by atoms with Crippen molar-refractivity contribution in [1.29, 1.82) is 0 Å². The number of furan rings is 1. The molecule has 1 atom stereocenters. The number of hydrogen-bond donors (Lipinski definition) is 2. The van der Waals surface area contributed by atoms with Crippen LogP contribution < -0.4 is 5.32 Å². The second kappa shape index (κ2) is 5.83. The summed E-state index contributed by atoms with van der Waals surface area (Å²) >= 11 is 0. The van der Waals surface area contributed by atoms with Crippen LogP contribution in [0.5, 0.6) is 0 Å². The van der Waals surface area contributed by atoms with Crippen molar-refractivity contribution in [3.8, 4) is 0 Å². The molecule has 0 saturated heterocycles. The van der Waals surface area contributed by atoms with Gasteiger partial charge in [-0.15, -0.1) is 0 Å². The monoisotopic (exact) mass is 197 g/mol. The molecular weight excluding hydrogens is 178 g/mol. The molecular formula is C11H19NO2. The van der Waals surface area contributed by atoms with Crippen molar-refractivity contribution >= 4 is 0 Å². The zero-order valence-corrected chi connectivity index (χ0v) is 8.92. The highest BCUT2D eigenvalue weighted by Crippen LogP contribution is 2.07. The van der Waals surface area contributed by atoms with E-state index in [0.29, 0.717) is 0 Å². The Bertz CT molecular complexity index is 256. The Morgan fingerprint density at radius 2 is 2.14 bits per heavy atom. The molecule has 0 aliphatic carbocycles. The number of rotatable bonds is 6. The van der Waals surface area contributed by atoms with Crippen LogP contribution in [0.25, 0.3) is 0 Å². The van der Waals surface area contributed by atoms with Gasteiger partial charge in [-0.25, -0.2) is 0 Å². The van der Waals surface area contributed by atoms with E-state index in [1.807, 2.05) is 12.1 Å². The molecule has 0 fully saturated rings. The highest BCUT2D eigenvalue weighted by molar-refractivity contribution is 5.06. The number of nitrogens with one attached hydrogen (secondary N) is 1. The zero-order valence-electron chi connectivity index (χ0n) is 8.92. The fourth-order valence-corrected chi connectivity index (χ4v) is 1.23. The first-order chi connectivity index (χ1) is 6.72. The summed E-state index contributed by atoms with van der Waals surface area (Å²) in [6.07, 6.45) is 1.49. The molecule has 0 saturated carbocycles. The third-order valence-corrected chi connectivity index (χ3v) is 2.10. The van der Waals surface area contributed by atoms with E-state index in [4.69, 9.17) is 9.52 Å². The molecule has 0 spiro atoms. The van der Waals surface area contributed by atoms with Crippen molar-refractivity contribution < 1.29 is 9.52 Å². The minimum absolute atomic E-state index is 0.231. The summed E-state index contributed by atoms with van der Waals surface area (Å²) in [7, 11) is 0. The van der Waals surface area contributed by atoms with Crippen LogP contribution in [0.4, 0.5) is 0 Å². The maximum atomic E-state index is 9.03. The van der Waals surface area contributed by atoms with Crippen LogP contribution in [-0.2, 0) is 13.0 Å². The molecule has 2 N–H and O–H groups in total. The molecule has 0 aromatic carbocycles. The van der Waals surface area contributed by atoms with E-state index in [-0.39, 0.29) is 6.10 Å². The summed E-state index contributed by atoms with van der Waals surface area (Å²) in [4.78, 5) is 0. The Labute approximate surface area is 85.1 Å². The summed E-state index contributed by atoms with van der Waals surface area (Å²) in [5.74, 6) is 1.99. The Morgan fingerprint density at radius 1 is 1.43 bits per heavy atom. The number of aryl methyl sites for hydroxylation is 1. The van der Waals surface area contributed by atoms with Crippen LogP contribution in [0.15, 0.2) is 16.5 Å². The Balaban J connectivity index is 2.18. The van der Waals surface area contributed by atoms with E-state index in [1.165, 1.54) is 0 Å². The summed E-state index contributed by atoms with van der Waals surface area (Å²) < 4.78 is 5.51. The van der Waals surface area contributed by atoms with Gasteiger partial charge < -0.3 is 14.8 Å². The van der Waals surface area contributed by atoms with Crippen LogP contribution in [-0.4, -0.2) is 17.8 Å². The van der Waals surface area contributed by atoms with Gasteiger partial charge in [-0.05, 0) is 32.0 Å². The maximum absolute atomic E-state index is 9.03. The van der Waals surface area contributed by atoms with Crippen LogP contribution in [0.1, 0.15) is 31.8 Å². The summed E-state index contributed by atoms with van der Waals surface area (Å²) in [5.41, 5.74) is 0. The molecule has 14 heavy (non-hydrogen) atoms. The first-order valence-electron chi connectivity index (χ1n) is 5.18. The van der Waals surface area contributed by atoms with Gasteiger partial charge in [0.25, 0.3) is 0 Å². The van der Waals surface area contributed by atoms with Gasteiger partial charge in [0.2, 0.25) is 0 Å². The first-order valence-corrected chi connectivity index (χ1v) is 5.18. The lowest BCUT2D eigenvalue weighted by atomic mass is 10.3. The topological polar surface area (TPSA) is 45.4 Å². The van der Waals surface area contributed by atoms with E-state index in [1.54, 1.807) is 6.92 Å². The molecule has 3 nitrogen and oxygen atoms in total. The molecule has 1 aromatic heterocycles. The van der Waals surface area contributed by atoms with Gasteiger partial charge in [0.1, 0.15) is 11.5 Å². The van der Waals surface area contributed by atoms with Crippen molar-refractivity contribution in [3.05, 3.63) is 23.7 Å². The van der Waals surface area contributed by atoms with Gasteiger partial charge >= 0.3 is 0 Å². The molecule has 0 aliphatic heterocycles. The average Bonchev–Trinajstić information content (AvgIpc) is 2.60. The normalized spacial score (nSPS) is 13.1. The third-order valence-electron chi connectivity index (χ3n) is 2.10. The molecule has 3 heteroatoms. The van der Waals surface area contributed by atoms with Crippen molar-refractivity contribution in [3.63, 3.8) is 0 Å². The van der Waals surface area contributed by atoms with Crippen molar-refractivity contribution in [1.82, 2.24) is 5.32 Å². The molecule has 0 radical (unpaired) electrons. The summed E-state index contributed by atoms with van der Waals surface area (Å²) in [5, 5.41) is 12.2. The van der Waals surface area contributed by atoms with Crippen molar-refractivity contribution in [2.24, 2.45) is 0 Å². The third kappa shape index (κ3) is 3.94. The second-order valence-corrected chi connectivity index (χ2v) is 3.54. The van der Waals surface area contributed by atoms with E-state index in [2.05, 4.69) is 12.2 Å². The molecule has 0 aliphatic rings. The molecule has 80 valence electrons. The van der Waals surface area contributed by atoms with Crippen molar-refractivity contribution in [2.75, 3.05) is 6.54 Å². The average molecular weight is 197 g/mol. The van der Waals surface area contributed by atoms with Gasteiger partial charge in [-0.3, -0.25) is 0 Å². The molecule has 1 heterocycles. The smallest absolute Gasteiger partial charge is 0.117 e. The lowest BCUT2D eigenvalue weighted by molar-refractivity contribution is 0.183. The largest absolute Gasteiger partial charge is 0.465 e. The second-order valence-electron chi connectivity index (χ2n) is 3.54. The number of aliphatic hydroxyl groups excluding tert-OH is 1. The summed E-state index contributed by atoms with van der Waals surface area (Å²) in [6.45, 7) is 5.43. The zero-order chi connectivity index (χ0) is 10.4. The standard InChI is InChI=1S/C11H19NO2/c1-3-10-4-5-11(14-10)8-12-7-6-9(2)13/h4-5,9,12-13H,3,6-8H2,1-2H3. The molecule has 0 amide bonds. The van der Waals surface area contributed by atoms with Gasteiger partial charge in [0.15, 0.2) is 0 Å². The van der Waals surface area contributed by atoms with Gasteiger partial charge in [0, 0.05) is 6.42 Å². The van der Waals surface area contributed by atoms with E-state index in [0.717, 1.165) is 37.5 Å². The molecule has 1 rings (SSSR count). The summed E-state index contributed by atoms with van der Waals surface area (Å²) in [6, 6.07) is 4.00. The maximum Gasteiger partial charge on any atom is 0.117 e. The highest BCUT2D eigenvalue weighted by Gasteiger charge is 2.00. The molecule has 0 bridgehead atoms. The van der Waals surface area contributed by atoms with Gasteiger partial charge in [-0.2, -0.15) is 0 Å². The minimum Gasteiger partial charge on any atom is -0.465 e. The lowest BCUT2D eigenvalue weighted by Crippen LogP contribution is -2.18. The van der Waals surface area contributed by atoms with Crippen LogP contribution in [0.2, 0.25) is 0 Å². The molecule has 1 unspecified atom stereocenters. The predicted octanol–water partition coefficient (Wildman–Crippen LogP) is 1.70. The van der Waals surface area contributed by atoms with E-state index in [9.17, 15) is 0 Å². The predicted molar refractivity (Wildman–Crippen MR) is 56.1 cm³/mol. The Kier molecular flexibility index (Phi) is 4.70. The van der Waals surface area contributed by atoms with Gasteiger partial charge in [-0.1, -0.05) is 6.92 Å². The highest BCUT2D eigenvalue weighted by atomic mass is 16.3. The SMILES string of the molecule is CCc1ccc(CNCCC(C)O)o1. The number of aliphatic hydroxyl groups is 1. The van der Waals surface area contributed by atoms with Crippen LogP contribution >= 0.6 is 0 Å². The first kappa shape index (κ1) is 11.3. The van der Waals surface area contributed by atoms with Crippen LogP contribution in [0.3, 0.4) is 0 Å². The van der Waals surface area contributed by atoms with Crippen LogP contribution in [0, 0.1) is 0 Å². The Hall–Kier alpha value is -0.800. The van der Waals surface area contributed by atoms with E-state index < -0.39 is 0 Å². The minimum atomic E-state index is -0.231. The number of hydrogen-bond acceptors (Lipinski definition) is 3. The van der Waals surface area contributed by atoms with E-state index >= 15 is 0 Å². The fraction of sp³-hybridized carbons (Fsp3) is 0.636. The fourth-order valence-electron chi connectivity index (χ4n) is 1.23. The molecule has 1 aromatic rings. The Morgan fingerprint density at radius 3 is 2.71 bits per heavy atom. The lowest BCUT2D eigenvalue weighted by Gasteiger charge is -2.04. The van der Waals surface area contributed by atoms with Gasteiger partial charge in [0.05, 0.1) is 12.6 Å². The van der Waals surface area contributed by atoms with Crippen molar-refractivity contribution in [2.45, 2.75) is 39.3 Å².